The van der Waals surface area contributed by atoms with Crippen molar-refractivity contribution in [2.24, 2.45) is 0 Å². The van der Waals surface area contributed by atoms with Gasteiger partial charge in [-0.25, -0.2) is 0 Å². The Morgan fingerprint density at radius 1 is 1.17 bits per heavy atom. The molecule has 4 heteroatoms. The van der Waals surface area contributed by atoms with Gasteiger partial charge in [-0.05, 0) is 37.3 Å². The van der Waals surface area contributed by atoms with Crippen LogP contribution in [0.2, 0.25) is 5.02 Å². The first-order valence-corrected chi connectivity index (χ1v) is 5.78. The summed E-state index contributed by atoms with van der Waals surface area (Å²) >= 11 is 6.00. The van der Waals surface area contributed by atoms with Crippen LogP contribution in [0.1, 0.15) is 17.3 Å². The second-order valence-corrected chi connectivity index (χ2v) is 4.25. The van der Waals surface area contributed by atoms with Crippen LogP contribution in [0, 0.1) is 0 Å². The summed E-state index contributed by atoms with van der Waals surface area (Å²) < 4.78 is 5.62. The summed E-state index contributed by atoms with van der Waals surface area (Å²) in [5.74, 6) is 0.890. The molecule has 2 rings (SSSR count). The summed E-state index contributed by atoms with van der Waals surface area (Å²) in [6, 6.07) is 12.0. The molecule has 18 heavy (non-hydrogen) atoms. The van der Waals surface area contributed by atoms with Crippen LogP contribution in [0.25, 0.3) is 0 Å². The van der Waals surface area contributed by atoms with Gasteiger partial charge in [0.25, 0.3) is 0 Å². The van der Waals surface area contributed by atoms with Gasteiger partial charge in [0.05, 0.1) is 10.7 Å². The van der Waals surface area contributed by atoms with Crippen molar-refractivity contribution in [3.8, 4) is 11.5 Å². The number of benzene rings is 2. The minimum atomic E-state index is -0.0426. The van der Waals surface area contributed by atoms with Gasteiger partial charge in [-0.2, -0.15) is 0 Å². The van der Waals surface area contributed by atoms with Crippen molar-refractivity contribution in [1.29, 1.82) is 0 Å². The van der Waals surface area contributed by atoms with Gasteiger partial charge in [-0.15, -0.1) is 0 Å². The molecule has 2 aromatic carbocycles. The SMILES string of the molecule is CC(=O)c1ccc(N)c(Oc2ccccc2Cl)c1. The number of ether oxygens (including phenoxy) is 1. The van der Waals surface area contributed by atoms with Crippen LogP contribution in [-0.4, -0.2) is 5.78 Å². The molecule has 0 radical (unpaired) electrons. The van der Waals surface area contributed by atoms with Crippen molar-refractivity contribution in [3.05, 3.63) is 53.1 Å². The zero-order chi connectivity index (χ0) is 13.1. The molecule has 2 N–H and O–H groups in total. The zero-order valence-corrected chi connectivity index (χ0v) is 10.6. The molecule has 2 aromatic rings. The third-order valence-electron chi connectivity index (χ3n) is 2.48. The fourth-order valence-corrected chi connectivity index (χ4v) is 1.66. The van der Waals surface area contributed by atoms with Crippen molar-refractivity contribution in [3.63, 3.8) is 0 Å². The van der Waals surface area contributed by atoms with E-state index in [-0.39, 0.29) is 5.78 Å². The van der Waals surface area contributed by atoms with Crippen LogP contribution in [0.4, 0.5) is 5.69 Å². The fourth-order valence-electron chi connectivity index (χ4n) is 1.49. The van der Waals surface area contributed by atoms with E-state index in [2.05, 4.69) is 0 Å². The van der Waals surface area contributed by atoms with Crippen molar-refractivity contribution in [2.45, 2.75) is 6.92 Å². The predicted octanol–water partition coefficient (Wildman–Crippen LogP) is 3.92. The van der Waals surface area contributed by atoms with Gasteiger partial charge in [-0.3, -0.25) is 4.79 Å². The first-order chi connectivity index (χ1) is 8.58. The Hall–Kier alpha value is -2.00. The van der Waals surface area contributed by atoms with E-state index in [1.54, 1.807) is 30.3 Å². The number of nitrogen functional groups attached to an aromatic ring is 1. The topological polar surface area (TPSA) is 52.3 Å². The largest absolute Gasteiger partial charge is 0.454 e. The number of ketones is 1. The Morgan fingerprint density at radius 3 is 2.56 bits per heavy atom. The van der Waals surface area contributed by atoms with Crippen LogP contribution >= 0.6 is 11.6 Å². The molecule has 0 unspecified atom stereocenters. The number of carbonyl (C=O) groups excluding carboxylic acids is 1. The van der Waals surface area contributed by atoms with E-state index in [9.17, 15) is 4.79 Å². The van der Waals surface area contributed by atoms with Crippen LogP contribution in [-0.2, 0) is 0 Å². The van der Waals surface area contributed by atoms with Crippen LogP contribution < -0.4 is 10.5 Å². The van der Waals surface area contributed by atoms with Gasteiger partial charge in [0.1, 0.15) is 5.75 Å². The van der Waals surface area contributed by atoms with E-state index in [4.69, 9.17) is 22.1 Å². The smallest absolute Gasteiger partial charge is 0.159 e. The Labute approximate surface area is 110 Å². The van der Waals surface area contributed by atoms with Crippen LogP contribution in [0.3, 0.4) is 0 Å². The Bertz CT molecular complexity index is 596. The van der Waals surface area contributed by atoms with Crippen molar-refractivity contribution < 1.29 is 9.53 Å². The van der Waals surface area contributed by atoms with Crippen molar-refractivity contribution in [2.75, 3.05) is 5.73 Å². The van der Waals surface area contributed by atoms with E-state index in [0.29, 0.717) is 27.8 Å². The summed E-state index contributed by atoms with van der Waals surface area (Å²) in [7, 11) is 0. The van der Waals surface area contributed by atoms with Crippen LogP contribution in [0.5, 0.6) is 11.5 Å². The molecule has 3 nitrogen and oxygen atoms in total. The van der Waals surface area contributed by atoms with Crippen molar-refractivity contribution >= 4 is 23.1 Å². The highest BCUT2D eigenvalue weighted by Crippen LogP contribution is 2.32. The number of carbonyl (C=O) groups is 1. The van der Waals surface area contributed by atoms with Crippen LogP contribution in [0.15, 0.2) is 42.5 Å². The number of Topliss-reactive ketones (excluding diaryl/α,β-unsaturated/α-hetero) is 1. The van der Waals surface area contributed by atoms with Gasteiger partial charge in [-0.1, -0.05) is 23.7 Å². The summed E-state index contributed by atoms with van der Waals surface area (Å²) in [6.45, 7) is 1.49. The molecule has 0 bridgehead atoms. The number of hydrogen-bond acceptors (Lipinski definition) is 3. The number of nitrogens with two attached hydrogens (primary N) is 1. The summed E-state index contributed by atoms with van der Waals surface area (Å²) in [5, 5.41) is 0.491. The first-order valence-electron chi connectivity index (χ1n) is 5.41. The molecule has 0 atom stereocenters. The summed E-state index contributed by atoms with van der Waals surface area (Å²) in [4.78, 5) is 11.3. The lowest BCUT2D eigenvalue weighted by atomic mass is 10.1. The number of hydrogen-bond donors (Lipinski definition) is 1. The van der Waals surface area contributed by atoms with Gasteiger partial charge in [0, 0.05) is 5.56 Å². The summed E-state index contributed by atoms with van der Waals surface area (Å²) in [5.41, 5.74) is 6.81. The summed E-state index contributed by atoms with van der Waals surface area (Å²) in [6.07, 6.45) is 0. The number of rotatable bonds is 3. The minimum Gasteiger partial charge on any atom is -0.454 e. The molecule has 0 aliphatic rings. The van der Waals surface area contributed by atoms with Gasteiger partial charge < -0.3 is 10.5 Å². The third-order valence-corrected chi connectivity index (χ3v) is 2.79. The molecule has 0 aliphatic carbocycles. The average Bonchev–Trinajstić information content (AvgIpc) is 2.34. The molecule has 0 aliphatic heterocycles. The van der Waals surface area contributed by atoms with E-state index in [1.807, 2.05) is 12.1 Å². The monoisotopic (exact) mass is 261 g/mol. The lowest BCUT2D eigenvalue weighted by molar-refractivity contribution is 0.101. The Kier molecular flexibility index (Phi) is 3.53. The maximum Gasteiger partial charge on any atom is 0.159 e. The maximum absolute atomic E-state index is 11.3. The first kappa shape index (κ1) is 12.5. The zero-order valence-electron chi connectivity index (χ0n) is 9.81. The molecule has 0 amide bonds. The maximum atomic E-state index is 11.3. The lowest BCUT2D eigenvalue weighted by Gasteiger charge is -2.10. The second kappa shape index (κ2) is 5.10. The predicted molar refractivity (Wildman–Crippen MR) is 72.4 cm³/mol. The molecule has 0 aromatic heterocycles. The van der Waals surface area contributed by atoms with E-state index in [1.165, 1.54) is 6.92 Å². The molecule has 0 heterocycles. The van der Waals surface area contributed by atoms with Gasteiger partial charge >= 0.3 is 0 Å². The average molecular weight is 262 g/mol. The van der Waals surface area contributed by atoms with E-state index >= 15 is 0 Å². The minimum absolute atomic E-state index is 0.0426. The van der Waals surface area contributed by atoms with Crippen molar-refractivity contribution in [1.82, 2.24) is 0 Å². The number of para-hydroxylation sites is 1. The van der Waals surface area contributed by atoms with E-state index in [0.717, 1.165) is 0 Å². The molecule has 92 valence electrons. The second-order valence-electron chi connectivity index (χ2n) is 3.84. The van der Waals surface area contributed by atoms with Gasteiger partial charge in [0.2, 0.25) is 0 Å². The standard InChI is InChI=1S/C14H12ClNO2/c1-9(17)10-6-7-12(16)14(8-10)18-13-5-3-2-4-11(13)15/h2-8H,16H2,1H3. The van der Waals surface area contributed by atoms with Gasteiger partial charge in [0.15, 0.2) is 11.5 Å². The molecule has 0 spiro atoms. The molecule has 0 saturated carbocycles. The highest BCUT2D eigenvalue weighted by Gasteiger charge is 2.08. The highest BCUT2D eigenvalue weighted by molar-refractivity contribution is 6.32. The Balaban J connectivity index is 2.37. The highest BCUT2D eigenvalue weighted by atomic mass is 35.5. The van der Waals surface area contributed by atoms with E-state index < -0.39 is 0 Å². The normalized spacial score (nSPS) is 10.1. The number of anilines is 1. The molecular weight excluding hydrogens is 250 g/mol. The fraction of sp³-hybridized carbons (Fsp3) is 0.0714. The number of halogens is 1. The molecule has 0 fully saturated rings. The molecule has 0 saturated heterocycles. The third kappa shape index (κ3) is 2.63. The molecular formula is C14H12ClNO2. The quantitative estimate of drug-likeness (QED) is 0.673. The lowest BCUT2D eigenvalue weighted by Crippen LogP contribution is -1.97. The Morgan fingerprint density at radius 2 is 1.89 bits per heavy atom.